The maximum atomic E-state index is 2.41. The second-order valence-corrected chi connectivity index (χ2v) is 16.0. The van der Waals surface area contributed by atoms with Crippen molar-refractivity contribution in [1.82, 2.24) is 9.13 Å². The van der Waals surface area contributed by atoms with Crippen molar-refractivity contribution in [2.24, 2.45) is 0 Å². The zero-order chi connectivity index (χ0) is 38.2. The van der Waals surface area contributed by atoms with Gasteiger partial charge in [0.25, 0.3) is 0 Å². The maximum Gasteiger partial charge on any atom is 0.0542 e. The first-order valence-electron chi connectivity index (χ1n) is 19.8. The Labute approximate surface area is 339 Å². The summed E-state index contributed by atoms with van der Waals surface area (Å²) >= 11 is 1.88. The highest BCUT2D eigenvalue weighted by atomic mass is 32.1. The molecule has 3 aromatic heterocycles. The van der Waals surface area contributed by atoms with E-state index in [1.807, 2.05) is 11.3 Å². The zero-order valence-corrected chi connectivity index (χ0v) is 32.3. The van der Waals surface area contributed by atoms with Crippen LogP contribution in [0.25, 0.3) is 86.3 Å². The van der Waals surface area contributed by atoms with Gasteiger partial charge in [0.2, 0.25) is 0 Å². The predicted octanol–water partition coefficient (Wildman–Crippen LogP) is 15.4. The first-order chi connectivity index (χ1) is 28.8. The van der Waals surface area contributed by atoms with Crippen LogP contribution in [0.3, 0.4) is 0 Å². The lowest BCUT2D eigenvalue weighted by Gasteiger charge is -2.26. The number of nitrogens with zero attached hydrogens (tertiary/aromatic N) is 3. The third-order valence-electron chi connectivity index (χ3n) is 11.7. The molecular formula is C54H35N3S. The molecule has 0 aliphatic carbocycles. The molecule has 0 unspecified atom stereocenters. The molecule has 3 heterocycles. The molecule has 0 N–H and O–H groups in total. The summed E-state index contributed by atoms with van der Waals surface area (Å²) in [5.74, 6) is 0. The molecule has 0 atom stereocenters. The Morgan fingerprint density at radius 3 is 1.60 bits per heavy atom. The highest BCUT2D eigenvalue weighted by molar-refractivity contribution is 7.26. The molecule has 12 rings (SSSR count). The number of rotatable bonds is 6. The fourth-order valence-corrected chi connectivity index (χ4v) is 10.4. The summed E-state index contributed by atoms with van der Waals surface area (Å²) in [7, 11) is 0. The van der Waals surface area contributed by atoms with Crippen LogP contribution in [0.4, 0.5) is 17.1 Å². The van der Waals surface area contributed by atoms with Gasteiger partial charge in [0.1, 0.15) is 0 Å². The molecule has 0 aliphatic heterocycles. The summed E-state index contributed by atoms with van der Waals surface area (Å²) in [5.41, 5.74) is 12.9. The van der Waals surface area contributed by atoms with Gasteiger partial charge >= 0.3 is 0 Å². The molecule has 12 aromatic rings. The highest BCUT2D eigenvalue weighted by Crippen LogP contribution is 2.43. The summed E-state index contributed by atoms with van der Waals surface area (Å²) in [5, 5.41) is 7.57. The van der Waals surface area contributed by atoms with Crippen molar-refractivity contribution >= 4 is 92.2 Å². The van der Waals surface area contributed by atoms with Crippen LogP contribution >= 0.6 is 11.3 Å². The highest BCUT2D eigenvalue weighted by Gasteiger charge is 2.20. The summed E-state index contributed by atoms with van der Waals surface area (Å²) in [6.45, 7) is 0. The summed E-state index contributed by atoms with van der Waals surface area (Å²) in [4.78, 5) is 2.38. The summed E-state index contributed by atoms with van der Waals surface area (Å²) in [6.07, 6.45) is 0. The number of para-hydroxylation sites is 4. The first kappa shape index (κ1) is 32.8. The Hall–Kier alpha value is -7.40. The fraction of sp³-hybridized carbons (Fsp3) is 0. The van der Waals surface area contributed by atoms with E-state index in [9.17, 15) is 0 Å². The Balaban J connectivity index is 1.05. The number of aromatic nitrogens is 2. The monoisotopic (exact) mass is 757 g/mol. The second kappa shape index (κ2) is 13.1. The van der Waals surface area contributed by atoms with E-state index in [0.29, 0.717) is 0 Å². The number of benzene rings is 9. The molecule has 3 nitrogen and oxygen atoms in total. The van der Waals surface area contributed by atoms with Gasteiger partial charge in [-0.3, -0.25) is 0 Å². The molecular weight excluding hydrogens is 723 g/mol. The van der Waals surface area contributed by atoms with Gasteiger partial charge in [0.05, 0.1) is 22.1 Å². The first-order valence-corrected chi connectivity index (χ1v) is 20.6. The van der Waals surface area contributed by atoms with Gasteiger partial charge in [-0.2, -0.15) is 0 Å². The molecule has 4 heteroatoms. The lowest BCUT2D eigenvalue weighted by molar-refractivity contribution is 1.16. The molecule has 9 aromatic carbocycles. The third kappa shape index (κ3) is 5.05. The maximum absolute atomic E-state index is 2.41. The van der Waals surface area contributed by atoms with E-state index in [1.54, 1.807) is 0 Å². The van der Waals surface area contributed by atoms with Gasteiger partial charge in [0, 0.05) is 70.2 Å². The van der Waals surface area contributed by atoms with E-state index >= 15 is 0 Å². The van der Waals surface area contributed by atoms with Crippen molar-refractivity contribution < 1.29 is 0 Å². The van der Waals surface area contributed by atoms with Crippen LogP contribution in [0.2, 0.25) is 0 Å². The van der Waals surface area contributed by atoms with Crippen LogP contribution in [0.1, 0.15) is 0 Å². The van der Waals surface area contributed by atoms with Crippen LogP contribution < -0.4 is 4.90 Å². The SMILES string of the molecule is c1ccc(N(c2ccc(-c3cccc4c3sc3ccccc34)cc2)c2ccc3c(c2)c2cc(-n4c5ccccc5c5ccccc54)ccc2n3-c2ccccc2)cc1. The largest absolute Gasteiger partial charge is 0.310 e. The second-order valence-electron chi connectivity index (χ2n) is 14.9. The minimum atomic E-state index is 1.10. The third-order valence-corrected chi connectivity index (χ3v) is 12.9. The van der Waals surface area contributed by atoms with E-state index in [0.717, 1.165) is 28.4 Å². The number of hydrogen-bond donors (Lipinski definition) is 0. The molecule has 0 aliphatic rings. The van der Waals surface area contributed by atoms with Gasteiger partial charge in [-0.25, -0.2) is 0 Å². The Kier molecular flexibility index (Phi) is 7.40. The molecule has 0 fully saturated rings. The zero-order valence-electron chi connectivity index (χ0n) is 31.5. The molecule has 272 valence electrons. The Bertz CT molecular complexity index is 3450. The minimum absolute atomic E-state index is 1.10. The van der Waals surface area contributed by atoms with Crippen molar-refractivity contribution in [3.8, 4) is 22.5 Å². The molecule has 58 heavy (non-hydrogen) atoms. The van der Waals surface area contributed by atoms with Gasteiger partial charge in [-0.05, 0) is 102 Å². The minimum Gasteiger partial charge on any atom is -0.310 e. The van der Waals surface area contributed by atoms with Gasteiger partial charge in [-0.15, -0.1) is 11.3 Å². The molecule has 0 radical (unpaired) electrons. The smallest absolute Gasteiger partial charge is 0.0542 e. The van der Waals surface area contributed by atoms with E-state index in [1.165, 1.54) is 74.9 Å². The number of anilines is 3. The van der Waals surface area contributed by atoms with Crippen molar-refractivity contribution in [1.29, 1.82) is 0 Å². The van der Waals surface area contributed by atoms with Crippen LogP contribution in [-0.4, -0.2) is 9.13 Å². The van der Waals surface area contributed by atoms with E-state index in [2.05, 4.69) is 226 Å². The quantitative estimate of drug-likeness (QED) is 0.165. The molecule has 0 amide bonds. The number of thiophene rings is 1. The van der Waals surface area contributed by atoms with Crippen molar-refractivity contribution in [2.75, 3.05) is 4.90 Å². The van der Waals surface area contributed by atoms with Crippen LogP contribution in [-0.2, 0) is 0 Å². The van der Waals surface area contributed by atoms with Crippen molar-refractivity contribution in [3.05, 3.63) is 212 Å². The standard InChI is InChI=1S/C54H35N3S/c1-3-14-37(15-4-1)55(39-28-26-36(27-29-39)42-21-13-22-46-45-20-9-12-25-53(45)58-54(42)46)40-30-32-51-47(34-40)48-35-41(31-33-52(48)56(51)38-16-5-2-6-17-38)57-49-23-10-7-18-43(49)44-19-8-11-24-50(44)57/h1-35H. The predicted molar refractivity (Wildman–Crippen MR) is 248 cm³/mol. The van der Waals surface area contributed by atoms with Crippen molar-refractivity contribution in [3.63, 3.8) is 0 Å². The number of fused-ring (bicyclic) bond motifs is 9. The topological polar surface area (TPSA) is 13.1 Å². The van der Waals surface area contributed by atoms with Gasteiger partial charge in [-0.1, -0.05) is 121 Å². The van der Waals surface area contributed by atoms with Crippen LogP contribution in [0.5, 0.6) is 0 Å². The normalized spacial score (nSPS) is 11.8. The van der Waals surface area contributed by atoms with Crippen molar-refractivity contribution in [2.45, 2.75) is 0 Å². The van der Waals surface area contributed by atoms with Gasteiger partial charge < -0.3 is 14.0 Å². The number of hydrogen-bond acceptors (Lipinski definition) is 2. The molecule has 0 saturated heterocycles. The lowest BCUT2D eigenvalue weighted by atomic mass is 10.0. The molecule has 0 spiro atoms. The lowest BCUT2D eigenvalue weighted by Crippen LogP contribution is -2.09. The van der Waals surface area contributed by atoms with E-state index < -0.39 is 0 Å². The van der Waals surface area contributed by atoms with Crippen LogP contribution in [0.15, 0.2) is 212 Å². The summed E-state index contributed by atoms with van der Waals surface area (Å²) in [6, 6.07) is 77.4. The fourth-order valence-electron chi connectivity index (χ4n) is 9.12. The van der Waals surface area contributed by atoms with E-state index in [-0.39, 0.29) is 0 Å². The Morgan fingerprint density at radius 2 is 0.862 bits per heavy atom. The van der Waals surface area contributed by atoms with Crippen LogP contribution in [0, 0.1) is 0 Å². The average Bonchev–Trinajstić information content (AvgIpc) is 3.95. The average molecular weight is 758 g/mol. The molecule has 0 saturated carbocycles. The Morgan fingerprint density at radius 1 is 0.328 bits per heavy atom. The van der Waals surface area contributed by atoms with E-state index in [4.69, 9.17) is 0 Å². The summed E-state index contributed by atoms with van der Waals surface area (Å²) < 4.78 is 7.47. The van der Waals surface area contributed by atoms with Gasteiger partial charge in [0.15, 0.2) is 0 Å². The molecule has 0 bridgehead atoms.